The number of nitrogen functional groups attached to an aromatic ring is 1. The molecule has 186 valence electrons. The van der Waals surface area contributed by atoms with Crippen LogP contribution < -0.4 is 20.7 Å². The van der Waals surface area contributed by atoms with Crippen LogP contribution >= 0.6 is 0 Å². The first-order valence-electron chi connectivity index (χ1n) is 11.7. The van der Waals surface area contributed by atoms with E-state index in [4.69, 9.17) is 15.2 Å². The van der Waals surface area contributed by atoms with Crippen molar-refractivity contribution < 1.29 is 18.7 Å². The van der Waals surface area contributed by atoms with Crippen LogP contribution in [0.4, 0.5) is 27.7 Å². The smallest absolute Gasteiger partial charge is 0.309 e. The normalized spacial score (nSPS) is 14.1. The highest BCUT2D eigenvalue weighted by Gasteiger charge is 2.27. The number of nitrogens with zero attached hydrogens (tertiary/aromatic N) is 4. The summed E-state index contributed by atoms with van der Waals surface area (Å²) in [5.41, 5.74) is 7.29. The van der Waals surface area contributed by atoms with Gasteiger partial charge in [0.1, 0.15) is 17.4 Å². The number of esters is 1. The number of aromatic amines is 1. The molecule has 1 saturated heterocycles. The van der Waals surface area contributed by atoms with Crippen molar-refractivity contribution in [3.8, 4) is 11.5 Å². The van der Waals surface area contributed by atoms with Crippen LogP contribution in [0.15, 0.2) is 48.7 Å². The zero-order valence-electron chi connectivity index (χ0n) is 19.7. The Morgan fingerprint density at radius 1 is 1.19 bits per heavy atom. The summed E-state index contributed by atoms with van der Waals surface area (Å²) in [7, 11) is 0. The van der Waals surface area contributed by atoms with Gasteiger partial charge in [-0.05, 0) is 50.1 Å². The molecule has 0 bridgehead atoms. The second kappa shape index (κ2) is 10.1. The Hall–Kier alpha value is -4.41. The quantitative estimate of drug-likeness (QED) is 0.322. The zero-order valence-corrected chi connectivity index (χ0v) is 19.7. The molecule has 2 aromatic carbocycles. The number of benzene rings is 2. The summed E-state index contributed by atoms with van der Waals surface area (Å²) in [6.07, 6.45) is 3.02. The number of piperidine rings is 1. The van der Waals surface area contributed by atoms with Crippen LogP contribution in [0.5, 0.6) is 11.5 Å². The molecular weight excluding hydrogens is 465 g/mol. The van der Waals surface area contributed by atoms with Gasteiger partial charge >= 0.3 is 5.97 Å². The molecule has 1 aliphatic heterocycles. The fourth-order valence-electron chi connectivity index (χ4n) is 4.20. The summed E-state index contributed by atoms with van der Waals surface area (Å²) >= 11 is 0. The van der Waals surface area contributed by atoms with Crippen molar-refractivity contribution in [3.63, 3.8) is 0 Å². The van der Waals surface area contributed by atoms with E-state index in [1.54, 1.807) is 43.5 Å². The lowest BCUT2D eigenvalue weighted by atomic mass is 9.97. The molecule has 4 aromatic rings. The van der Waals surface area contributed by atoms with Crippen molar-refractivity contribution in [1.29, 1.82) is 0 Å². The SMILES string of the molecule is CCOC(=O)C1CCN(c2cc(Nc3ccc(Oc4ccc5[nH]ncc5c4)c(F)c3)nc(N)n2)CC1. The van der Waals surface area contributed by atoms with E-state index < -0.39 is 5.82 Å². The van der Waals surface area contributed by atoms with Gasteiger partial charge in [0.05, 0.1) is 24.2 Å². The molecule has 11 heteroatoms. The van der Waals surface area contributed by atoms with Crippen molar-refractivity contribution >= 4 is 40.1 Å². The van der Waals surface area contributed by atoms with Crippen LogP contribution in [0.25, 0.3) is 10.9 Å². The van der Waals surface area contributed by atoms with E-state index in [1.165, 1.54) is 6.07 Å². The third-order valence-corrected chi connectivity index (χ3v) is 6.01. The molecule has 4 N–H and O–H groups in total. The first kappa shape index (κ1) is 23.3. The number of nitrogens with two attached hydrogens (primary N) is 1. The van der Waals surface area contributed by atoms with Gasteiger partial charge in [-0.2, -0.15) is 15.1 Å². The van der Waals surface area contributed by atoms with Gasteiger partial charge < -0.3 is 25.4 Å². The highest BCUT2D eigenvalue weighted by molar-refractivity contribution is 5.79. The standard InChI is InChI=1S/C25H26FN7O3/c1-2-35-24(34)15-7-9-33(10-8-15)23-13-22(30-25(27)31-23)29-17-3-6-21(19(26)12-17)36-18-4-5-20-16(11-18)14-28-32-20/h3-6,11-15H,2,7-10H2,1H3,(H,28,32)(H3,27,29,30,31). The Morgan fingerprint density at radius 3 is 2.81 bits per heavy atom. The highest BCUT2D eigenvalue weighted by Crippen LogP contribution is 2.30. The molecule has 0 radical (unpaired) electrons. The molecule has 2 aromatic heterocycles. The minimum atomic E-state index is -0.532. The van der Waals surface area contributed by atoms with Gasteiger partial charge in [0.25, 0.3) is 0 Å². The maximum atomic E-state index is 14.8. The fourth-order valence-corrected chi connectivity index (χ4v) is 4.20. The lowest BCUT2D eigenvalue weighted by molar-refractivity contribution is -0.148. The topological polar surface area (TPSA) is 131 Å². The number of aromatic nitrogens is 4. The average Bonchev–Trinajstić information content (AvgIpc) is 3.34. The van der Waals surface area contributed by atoms with Crippen molar-refractivity contribution in [2.75, 3.05) is 35.6 Å². The molecule has 0 atom stereocenters. The summed E-state index contributed by atoms with van der Waals surface area (Å²) in [5.74, 6) is 0.972. The van der Waals surface area contributed by atoms with E-state index in [2.05, 4.69) is 25.5 Å². The number of hydrogen-bond acceptors (Lipinski definition) is 9. The lowest BCUT2D eigenvalue weighted by Gasteiger charge is -2.31. The minimum Gasteiger partial charge on any atom is -0.466 e. The number of H-pyrrole nitrogens is 1. The molecule has 0 aliphatic carbocycles. The van der Waals surface area contributed by atoms with Crippen LogP contribution in [0.1, 0.15) is 19.8 Å². The first-order chi connectivity index (χ1) is 17.5. The highest BCUT2D eigenvalue weighted by atomic mass is 19.1. The fraction of sp³-hybridized carbons (Fsp3) is 0.280. The maximum Gasteiger partial charge on any atom is 0.309 e. The number of carbonyl (C=O) groups excluding carboxylic acids is 1. The van der Waals surface area contributed by atoms with Crippen LogP contribution in [0.2, 0.25) is 0 Å². The second-order valence-electron chi connectivity index (χ2n) is 8.47. The van der Waals surface area contributed by atoms with Gasteiger partial charge in [0.2, 0.25) is 5.95 Å². The summed E-state index contributed by atoms with van der Waals surface area (Å²) < 4.78 is 25.7. The van der Waals surface area contributed by atoms with Gasteiger partial charge in [0, 0.05) is 36.3 Å². The Labute approximate surface area is 206 Å². The molecule has 1 aliphatic rings. The first-order valence-corrected chi connectivity index (χ1v) is 11.7. The number of fused-ring (bicyclic) bond motifs is 1. The third kappa shape index (κ3) is 5.14. The second-order valence-corrected chi connectivity index (χ2v) is 8.47. The number of anilines is 4. The monoisotopic (exact) mass is 491 g/mol. The summed E-state index contributed by atoms with van der Waals surface area (Å²) in [6.45, 7) is 3.47. The van der Waals surface area contributed by atoms with Gasteiger partial charge in [-0.15, -0.1) is 0 Å². The number of halogens is 1. The number of hydrogen-bond donors (Lipinski definition) is 3. The van der Waals surface area contributed by atoms with E-state index in [-0.39, 0.29) is 23.6 Å². The van der Waals surface area contributed by atoms with Gasteiger partial charge in [0.15, 0.2) is 11.6 Å². The van der Waals surface area contributed by atoms with Crippen molar-refractivity contribution in [1.82, 2.24) is 20.2 Å². The molecular formula is C25H26FN7O3. The summed E-state index contributed by atoms with van der Waals surface area (Å²) in [5, 5.41) is 10.8. The Morgan fingerprint density at radius 2 is 2.03 bits per heavy atom. The molecule has 1 fully saturated rings. The van der Waals surface area contributed by atoms with Crippen molar-refractivity contribution in [3.05, 3.63) is 54.5 Å². The molecule has 10 nitrogen and oxygen atoms in total. The largest absolute Gasteiger partial charge is 0.466 e. The molecule has 0 unspecified atom stereocenters. The maximum absolute atomic E-state index is 14.8. The van der Waals surface area contributed by atoms with Crippen molar-refractivity contribution in [2.45, 2.75) is 19.8 Å². The zero-order chi connectivity index (χ0) is 25.1. The number of carbonyl (C=O) groups is 1. The molecule has 36 heavy (non-hydrogen) atoms. The number of nitrogens with one attached hydrogen (secondary N) is 2. The van der Waals surface area contributed by atoms with Crippen molar-refractivity contribution in [2.24, 2.45) is 5.92 Å². The van der Waals surface area contributed by atoms with Crippen LogP contribution in [0.3, 0.4) is 0 Å². The molecule has 0 amide bonds. The Bertz CT molecular complexity index is 1390. The summed E-state index contributed by atoms with van der Waals surface area (Å²) in [6, 6.07) is 11.7. The lowest BCUT2D eigenvalue weighted by Crippen LogP contribution is -2.37. The van der Waals surface area contributed by atoms with Crippen LogP contribution in [-0.2, 0) is 9.53 Å². The van der Waals surface area contributed by atoms with Crippen LogP contribution in [-0.4, -0.2) is 45.8 Å². The molecule has 5 rings (SSSR count). The molecule has 0 spiro atoms. The predicted octanol–water partition coefficient (Wildman–Crippen LogP) is 4.39. The third-order valence-electron chi connectivity index (χ3n) is 6.01. The van der Waals surface area contributed by atoms with Gasteiger partial charge in [-0.1, -0.05) is 0 Å². The van der Waals surface area contributed by atoms with E-state index >= 15 is 0 Å². The van der Waals surface area contributed by atoms with Gasteiger partial charge in [-0.25, -0.2) is 4.39 Å². The van der Waals surface area contributed by atoms with Gasteiger partial charge in [-0.3, -0.25) is 9.89 Å². The molecule has 3 heterocycles. The summed E-state index contributed by atoms with van der Waals surface area (Å²) in [4.78, 5) is 22.6. The van der Waals surface area contributed by atoms with E-state index in [9.17, 15) is 9.18 Å². The van der Waals surface area contributed by atoms with E-state index in [1.807, 2.05) is 11.0 Å². The Kier molecular flexibility index (Phi) is 6.52. The van der Waals surface area contributed by atoms with E-state index in [0.29, 0.717) is 55.6 Å². The number of rotatable bonds is 7. The van der Waals surface area contributed by atoms with Crippen LogP contribution in [0, 0.1) is 11.7 Å². The molecule has 0 saturated carbocycles. The van der Waals surface area contributed by atoms with E-state index in [0.717, 1.165) is 10.9 Å². The Balaban J connectivity index is 1.26. The average molecular weight is 492 g/mol. The minimum absolute atomic E-state index is 0.0933. The predicted molar refractivity (Wildman–Crippen MR) is 134 cm³/mol. The number of ether oxygens (including phenoxy) is 2.